The Balaban J connectivity index is 2.10. The van der Waals surface area contributed by atoms with Crippen LogP contribution in [0.5, 0.6) is 0 Å². The van der Waals surface area contributed by atoms with E-state index < -0.39 is 11.6 Å². The third kappa shape index (κ3) is 1.90. The number of alkyl halides is 1. The fraction of sp³-hybridized carbons (Fsp3) is 0.308. The molecule has 1 aromatic heterocycles. The molecule has 1 aliphatic carbocycles. The van der Waals surface area contributed by atoms with Gasteiger partial charge in [-0.1, -0.05) is 5.16 Å². The van der Waals surface area contributed by atoms with E-state index in [0.717, 1.165) is 24.7 Å². The van der Waals surface area contributed by atoms with Crippen LogP contribution in [-0.2, 0) is 5.88 Å². The molecule has 0 radical (unpaired) electrons. The standard InChI is InChI=1S/C13H10ClF2NO/c14-6-10-12(17-18-13(10)7-1-2-7)9-4-3-8(15)5-11(9)16/h3-5,7H,1-2,6H2. The molecule has 94 valence electrons. The monoisotopic (exact) mass is 269 g/mol. The summed E-state index contributed by atoms with van der Waals surface area (Å²) in [5, 5.41) is 3.89. The van der Waals surface area contributed by atoms with E-state index in [9.17, 15) is 8.78 Å². The largest absolute Gasteiger partial charge is 0.360 e. The molecule has 0 N–H and O–H groups in total. The topological polar surface area (TPSA) is 26.0 Å². The average molecular weight is 270 g/mol. The van der Waals surface area contributed by atoms with Gasteiger partial charge in [-0.25, -0.2) is 8.78 Å². The van der Waals surface area contributed by atoms with E-state index in [-0.39, 0.29) is 11.4 Å². The molecule has 1 fully saturated rings. The molecule has 0 unspecified atom stereocenters. The molecule has 1 heterocycles. The van der Waals surface area contributed by atoms with Crippen molar-refractivity contribution in [1.82, 2.24) is 5.16 Å². The Morgan fingerprint density at radius 1 is 1.33 bits per heavy atom. The number of halogens is 3. The van der Waals surface area contributed by atoms with Crippen LogP contribution >= 0.6 is 11.6 Å². The Hall–Kier alpha value is -1.42. The first-order valence-electron chi connectivity index (χ1n) is 5.70. The van der Waals surface area contributed by atoms with Crippen molar-refractivity contribution >= 4 is 11.6 Å². The molecule has 0 bridgehead atoms. The molecule has 1 aliphatic rings. The predicted octanol–water partition coefficient (Wildman–Crippen LogP) is 4.24. The van der Waals surface area contributed by atoms with Crippen molar-refractivity contribution in [2.75, 3.05) is 0 Å². The zero-order valence-electron chi connectivity index (χ0n) is 9.42. The maximum absolute atomic E-state index is 13.7. The highest BCUT2D eigenvalue weighted by Crippen LogP contribution is 2.44. The van der Waals surface area contributed by atoms with Crippen LogP contribution in [0.3, 0.4) is 0 Å². The van der Waals surface area contributed by atoms with Crippen molar-refractivity contribution in [1.29, 1.82) is 0 Å². The first-order chi connectivity index (χ1) is 8.70. The summed E-state index contributed by atoms with van der Waals surface area (Å²) in [6.07, 6.45) is 2.09. The van der Waals surface area contributed by atoms with Gasteiger partial charge in [0.15, 0.2) is 0 Å². The van der Waals surface area contributed by atoms with Gasteiger partial charge in [-0.15, -0.1) is 11.6 Å². The second-order valence-corrected chi connectivity index (χ2v) is 4.67. The number of hydrogen-bond acceptors (Lipinski definition) is 2. The molecule has 0 aliphatic heterocycles. The number of hydrogen-bond donors (Lipinski definition) is 0. The number of aromatic nitrogens is 1. The van der Waals surface area contributed by atoms with Gasteiger partial charge in [-0.05, 0) is 25.0 Å². The van der Waals surface area contributed by atoms with Crippen LogP contribution < -0.4 is 0 Å². The summed E-state index contributed by atoms with van der Waals surface area (Å²) in [6, 6.07) is 3.38. The molecular formula is C13H10ClF2NO. The molecule has 0 spiro atoms. The summed E-state index contributed by atoms with van der Waals surface area (Å²) in [4.78, 5) is 0. The Labute approximate surface area is 108 Å². The van der Waals surface area contributed by atoms with Gasteiger partial charge in [0, 0.05) is 23.1 Å². The van der Waals surface area contributed by atoms with E-state index >= 15 is 0 Å². The van der Waals surface area contributed by atoms with Gasteiger partial charge in [-0.3, -0.25) is 0 Å². The second kappa shape index (κ2) is 4.35. The predicted molar refractivity (Wildman–Crippen MR) is 63.4 cm³/mol. The fourth-order valence-electron chi connectivity index (χ4n) is 2.01. The van der Waals surface area contributed by atoms with Gasteiger partial charge >= 0.3 is 0 Å². The Morgan fingerprint density at radius 2 is 2.11 bits per heavy atom. The Morgan fingerprint density at radius 3 is 2.72 bits per heavy atom. The Bertz CT molecular complexity index is 593. The van der Waals surface area contributed by atoms with E-state index in [1.54, 1.807) is 0 Å². The van der Waals surface area contributed by atoms with Crippen molar-refractivity contribution in [2.45, 2.75) is 24.6 Å². The summed E-state index contributed by atoms with van der Waals surface area (Å²) in [7, 11) is 0. The first-order valence-corrected chi connectivity index (χ1v) is 6.24. The first kappa shape index (κ1) is 11.7. The maximum atomic E-state index is 13.7. The quantitative estimate of drug-likeness (QED) is 0.779. The lowest BCUT2D eigenvalue weighted by molar-refractivity contribution is 0.385. The third-order valence-electron chi connectivity index (χ3n) is 3.09. The number of rotatable bonds is 3. The molecule has 5 heteroatoms. The normalized spacial score (nSPS) is 15.1. The highest BCUT2D eigenvalue weighted by atomic mass is 35.5. The van der Waals surface area contributed by atoms with E-state index in [1.807, 2.05) is 0 Å². The van der Waals surface area contributed by atoms with Gasteiger partial charge in [0.1, 0.15) is 23.1 Å². The van der Waals surface area contributed by atoms with Crippen molar-refractivity contribution < 1.29 is 13.3 Å². The van der Waals surface area contributed by atoms with E-state index in [2.05, 4.69) is 5.16 Å². The Kier molecular flexibility index (Phi) is 2.82. The number of nitrogens with zero attached hydrogens (tertiary/aromatic N) is 1. The van der Waals surface area contributed by atoms with Crippen molar-refractivity contribution in [3.8, 4) is 11.3 Å². The zero-order valence-corrected chi connectivity index (χ0v) is 10.2. The van der Waals surface area contributed by atoms with Gasteiger partial charge in [0.05, 0.1) is 5.88 Å². The van der Waals surface area contributed by atoms with Crippen molar-refractivity contribution in [3.05, 3.63) is 41.2 Å². The third-order valence-corrected chi connectivity index (χ3v) is 3.35. The van der Waals surface area contributed by atoms with Gasteiger partial charge < -0.3 is 4.52 Å². The zero-order chi connectivity index (χ0) is 12.7. The van der Waals surface area contributed by atoms with Crippen LogP contribution in [0.15, 0.2) is 22.7 Å². The van der Waals surface area contributed by atoms with Gasteiger partial charge in [0.2, 0.25) is 0 Å². The second-order valence-electron chi connectivity index (χ2n) is 4.41. The molecular weight excluding hydrogens is 260 g/mol. The summed E-state index contributed by atoms with van der Waals surface area (Å²) >= 11 is 5.89. The van der Waals surface area contributed by atoms with Crippen LogP contribution in [-0.4, -0.2) is 5.16 Å². The van der Waals surface area contributed by atoms with Crippen LogP contribution in [0.25, 0.3) is 11.3 Å². The van der Waals surface area contributed by atoms with Gasteiger partial charge in [-0.2, -0.15) is 0 Å². The molecule has 2 nitrogen and oxygen atoms in total. The molecule has 1 saturated carbocycles. The summed E-state index contributed by atoms with van der Waals surface area (Å²) in [6.45, 7) is 0. The van der Waals surface area contributed by atoms with Crippen LogP contribution in [0, 0.1) is 11.6 Å². The highest BCUT2D eigenvalue weighted by molar-refractivity contribution is 6.17. The molecule has 3 rings (SSSR count). The number of benzene rings is 1. The van der Waals surface area contributed by atoms with Crippen molar-refractivity contribution in [2.24, 2.45) is 0 Å². The highest BCUT2D eigenvalue weighted by Gasteiger charge is 2.32. The lowest BCUT2D eigenvalue weighted by atomic mass is 10.0. The molecule has 18 heavy (non-hydrogen) atoms. The lowest BCUT2D eigenvalue weighted by Gasteiger charge is -2.01. The molecule has 0 amide bonds. The summed E-state index contributed by atoms with van der Waals surface area (Å²) in [5.41, 5.74) is 1.32. The SMILES string of the molecule is Fc1ccc(-c2noc(C3CC3)c2CCl)c(F)c1. The fourth-order valence-corrected chi connectivity index (χ4v) is 2.27. The minimum Gasteiger partial charge on any atom is -0.360 e. The smallest absolute Gasteiger partial charge is 0.144 e. The van der Waals surface area contributed by atoms with Crippen LogP contribution in [0.2, 0.25) is 0 Å². The van der Waals surface area contributed by atoms with Crippen LogP contribution in [0.4, 0.5) is 8.78 Å². The lowest BCUT2D eigenvalue weighted by Crippen LogP contribution is -1.91. The minimum atomic E-state index is -0.656. The minimum absolute atomic E-state index is 0.210. The van der Waals surface area contributed by atoms with E-state index in [4.69, 9.17) is 16.1 Å². The molecule has 0 atom stereocenters. The summed E-state index contributed by atoms with van der Waals surface area (Å²) < 4.78 is 31.8. The molecule has 0 saturated heterocycles. The summed E-state index contributed by atoms with van der Waals surface area (Å²) in [5.74, 6) is 0.0282. The average Bonchev–Trinajstić information content (AvgIpc) is 3.10. The van der Waals surface area contributed by atoms with Crippen molar-refractivity contribution in [3.63, 3.8) is 0 Å². The maximum Gasteiger partial charge on any atom is 0.144 e. The molecule has 2 aromatic rings. The van der Waals surface area contributed by atoms with E-state index in [1.165, 1.54) is 12.1 Å². The van der Waals surface area contributed by atoms with Gasteiger partial charge in [0.25, 0.3) is 0 Å². The van der Waals surface area contributed by atoms with Crippen LogP contribution in [0.1, 0.15) is 30.1 Å². The molecule has 1 aromatic carbocycles. The van der Waals surface area contributed by atoms with E-state index in [0.29, 0.717) is 17.2 Å².